The summed E-state index contributed by atoms with van der Waals surface area (Å²) in [5.74, 6) is 0.525. The Morgan fingerprint density at radius 2 is 2.18 bits per heavy atom. The zero-order valence-electron chi connectivity index (χ0n) is 11.5. The van der Waals surface area contributed by atoms with Crippen molar-refractivity contribution in [3.05, 3.63) is 0 Å². The molecule has 0 aromatic rings. The molecular formula is C13H26N2O2. The molecular weight excluding hydrogens is 216 g/mol. The molecule has 3 N–H and O–H groups in total. The van der Waals surface area contributed by atoms with Crippen LogP contribution in [0, 0.1) is 5.92 Å². The van der Waals surface area contributed by atoms with Crippen molar-refractivity contribution in [3.8, 4) is 0 Å². The monoisotopic (exact) mass is 242 g/mol. The quantitative estimate of drug-likeness (QED) is 0.690. The molecule has 0 radical (unpaired) electrons. The van der Waals surface area contributed by atoms with Crippen molar-refractivity contribution in [2.75, 3.05) is 13.7 Å². The van der Waals surface area contributed by atoms with Crippen LogP contribution in [0.3, 0.4) is 0 Å². The van der Waals surface area contributed by atoms with Gasteiger partial charge >= 0.3 is 0 Å². The zero-order chi connectivity index (χ0) is 13.1. The molecule has 4 heteroatoms. The van der Waals surface area contributed by atoms with Gasteiger partial charge in [-0.2, -0.15) is 0 Å². The summed E-state index contributed by atoms with van der Waals surface area (Å²) in [4.78, 5) is 12.2. The SMILES string of the molecule is CNC(C)(C)C(=O)NC1(CO)CCCC(C)C1. The first-order chi connectivity index (χ1) is 7.85. The van der Waals surface area contributed by atoms with E-state index in [0.717, 1.165) is 19.3 Å². The highest BCUT2D eigenvalue weighted by molar-refractivity contribution is 5.86. The Morgan fingerprint density at radius 1 is 1.53 bits per heavy atom. The molecule has 0 aromatic heterocycles. The Bertz CT molecular complexity index is 279. The normalized spacial score (nSPS) is 30.1. The molecule has 0 spiro atoms. The first kappa shape index (κ1) is 14.5. The number of amides is 1. The van der Waals surface area contributed by atoms with Crippen molar-refractivity contribution >= 4 is 5.91 Å². The zero-order valence-corrected chi connectivity index (χ0v) is 11.5. The maximum Gasteiger partial charge on any atom is 0.240 e. The van der Waals surface area contributed by atoms with Gasteiger partial charge in [0.25, 0.3) is 0 Å². The van der Waals surface area contributed by atoms with Crippen LogP contribution in [0.1, 0.15) is 46.5 Å². The lowest BCUT2D eigenvalue weighted by Gasteiger charge is -2.41. The van der Waals surface area contributed by atoms with E-state index in [0.29, 0.717) is 5.92 Å². The third kappa shape index (κ3) is 3.42. The van der Waals surface area contributed by atoms with Gasteiger partial charge in [-0.15, -0.1) is 0 Å². The van der Waals surface area contributed by atoms with Gasteiger partial charge in [0.05, 0.1) is 17.7 Å². The van der Waals surface area contributed by atoms with E-state index in [1.165, 1.54) is 6.42 Å². The molecule has 0 aromatic carbocycles. The fourth-order valence-electron chi connectivity index (χ4n) is 2.47. The molecule has 1 saturated carbocycles. The fraction of sp³-hybridized carbons (Fsp3) is 0.923. The predicted molar refractivity (Wildman–Crippen MR) is 68.7 cm³/mol. The lowest BCUT2D eigenvalue weighted by molar-refractivity contribution is -0.129. The molecule has 1 aliphatic rings. The van der Waals surface area contributed by atoms with Crippen LogP contribution >= 0.6 is 0 Å². The Kier molecular flexibility index (Phi) is 4.55. The van der Waals surface area contributed by atoms with Gasteiger partial charge in [-0.25, -0.2) is 0 Å². The molecule has 2 unspecified atom stereocenters. The highest BCUT2D eigenvalue weighted by atomic mass is 16.3. The predicted octanol–water partition coefficient (Wildman–Crippen LogP) is 1.04. The summed E-state index contributed by atoms with van der Waals surface area (Å²) < 4.78 is 0. The van der Waals surface area contributed by atoms with E-state index in [4.69, 9.17) is 0 Å². The van der Waals surface area contributed by atoms with Crippen LogP contribution in [0.25, 0.3) is 0 Å². The third-order valence-corrected chi connectivity index (χ3v) is 3.97. The topological polar surface area (TPSA) is 61.4 Å². The molecule has 100 valence electrons. The molecule has 2 atom stereocenters. The minimum absolute atomic E-state index is 0.0306. The molecule has 1 amide bonds. The second-order valence-electron chi connectivity index (χ2n) is 5.97. The van der Waals surface area contributed by atoms with Crippen LogP contribution in [-0.2, 0) is 4.79 Å². The number of hydrogen-bond donors (Lipinski definition) is 3. The molecule has 1 aliphatic carbocycles. The van der Waals surface area contributed by atoms with E-state index in [1.54, 1.807) is 7.05 Å². The highest BCUT2D eigenvalue weighted by Crippen LogP contribution is 2.32. The van der Waals surface area contributed by atoms with Gasteiger partial charge in [-0.1, -0.05) is 19.8 Å². The Hall–Kier alpha value is -0.610. The summed E-state index contributed by atoms with van der Waals surface area (Å²) in [7, 11) is 1.77. The Morgan fingerprint density at radius 3 is 2.65 bits per heavy atom. The average Bonchev–Trinajstić information content (AvgIpc) is 2.29. The maximum atomic E-state index is 12.2. The van der Waals surface area contributed by atoms with Gasteiger partial charge in [0.2, 0.25) is 5.91 Å². The Balaban J connectivity index is 2.72. The van der Waals surface area contributed by atoms with Crippen molar-refractivity contribution in [2.45, 2.75) is 57.5 Å². The number of carbonyl (C=O) groups is 1. The van der Waals surface area contributed by atoms with Crippen molar-refractivity contribution in [1.29, 1.82) is 0 Å². The van der Waals surface area contributed by atoms with E-state index in [1.807, 2.05) is 13.8 Å². The third-order valence-electron chi connectivity index (χ3n) is 3.97. The average molecular weight is 242 g/mol. The van der Waals surface area contributed by atoms with Crippen molar-refractivity contribution in [2.24, 2.45) is 5.92 Å². The molecule has 0 aliphatic heterocycles. The number of nitrogens with one attached hydrogen (secondary N) is 2. The number of aliphatic hydroxyl groups excluding tert-OH is 1. The van der Waals surface area contributed by atoms with Gasteiger partial charge in [0.15, 0.2) is 0 Å². The summed E-state index contributed by atoms with van der Waals surface area (Å²) in [6, 6.07) is 0. The highest BCUT2D eigenvalue weighted by Gasteiger charge is 2.38. The first-order valence-electron chi connectivity index (χ1n) is 6.47. The minimum Gasteiger partial charge on any atom is -0.394 e. The standard InChI is InChI=1S/C13H26N2O2/c1-10-6-5-7-13(8-10,9-16)15-11(17)12(2,3)14-4/h10,14,16H,5-9H2,1-4H3,(H,15,17). The lowest BCUT2D eigenvalue weighted by atomic mass is 9.76. The molecule has 0 heterocycles. The van der Waals surface area contributed by atoms with Crippen LogP contribution in [0.5, 0.6) is 0 Å². The van der Waals surface area contributed by atoms with E-state index in [-0.39, 0.29) is 12.5 Å². The molecule has 4 nitrogen and oxygen atoms in total. The number of aliphatic hydroxyl groups is 1. The second-order valence-corrected chi connectivity index (χ2v) is 5.97. The molecule has 1 rings (SSSR count). The summed E-state index contributed by atoms with van der Waals surface area (Å²) in [5, 5.41) is 15.7. The molecule has 1 fully saturated rings. The van der Waals surface area contributed by atoms with Crippen LogP contribution in [0.4, 0.5) is 0 Å². The number of hydrogen-bond acceptors (Lipinski definition) is 3. The summed E-state index contributed by atoms with van der Waals surface area (Å²) >= 11 is 0. The lowest BCUT2D eigenvalue weighted by Crippen LogP contribution is -2.61. The Labute approximate surface area is 104 Å². The number of likely N-dealkylation sites (N-methyl/N-ethyl adjacent to an activating group) is 1. The number of rotatable bonds is 4. The van der Waals surface area contributed by atoms with E-state index in [9.17, 15) is 9.90 Å². The van der Waals surface area contributed by atoms with Gasteiger partial charge in [0, 0.05) is 0 Å². The summed E-state index contributed by atoms with van der Waals surface area (Å²) in [6.45, 7) is 5.90. The number of carbonyl (C=O) groups excluding carboxylic acids is 1. The van der Waals surface area contributed by atoms with E-state index < -0.39 is 11.1 Å². The van der Waals surface area contributed by atoms with Crippen LogP contribution in [-0.4, -0.2) is 35.7 Å². The smallest absolute Gasteiger partial charge is 0.240 e. The van der Waals surface area contributed by atoms with E-state index in [2.05, 4.69) is 17.6 Å². The molecule has 0 bridgehead atoms. The van der Waals surface area contributed by atoms with Gasteiger partial charge in [-0.3, -0.25) is 4.79 Å². The minimum atomic E-state index is -0.594. The van der Waals surface area contributed by atoms with Gasteiger partial charge in [-0.05, 0) is 39.7 Å². The van der Waals surface area contributed by atoms with Crippen molar-refractivity contribution in [3.63, 3.8) is 0 Å². The van der Waals surface area contributed by atoms with Crippen molar-refractivity contribution in [1.82, 2.24) is 10.6 Å². The van der Waals surface area contributed by atoms with Crippen LogP contribution in [0.2, 0.25) is 0 Å². The van der Waals surface area contributed by atoms with Gasteiger partial charge < -0.3 is 15.7 Å². The van der Waals surface area contributed by atoms with Gasteiger partial charge in [0.1, 0.15) is 0 Å². The van der Waals surface area contributed by atoms with Crippen LogP contribution in [0.15, 0.2) is 0 Å². The fourth-order valence-corrected chi connectivity index (χ4v) is 2.47. The molecule has 0 saturated heterocycles. The van der Waals surface area contributed by atoms with E-state index >= 15 is 0 Å². The molecule has 17 heavy (non-hydrogen) atoms. The maximum absolute atomic E-state index is 12.2. The second kappa shape index (κ2) is 5.36. The summed E-state index contributed by atoms with van der Waals surface area (Å²) in [6.07, 6.45) is 4.00. The largest absolute Gasteiger partial charge is 0.394 e. The first-order valence-corrected chi connectivity index (χ1v) is 6.47. The summed E-state index contributed by atoms with van der Waals surface area (Å²) in [5.41, 5.74) is -1.01. The van der Waals surface area contributed by atoms with Crippen LogP contribution < -0.4 is 10.6 Å². The van der Waals surface area contributed by atoms with Crippen molar-refractivity contribution < 1.29 is 9.90 Å².